The average molecular weight is 265 g/mol. The Balaban J connectivity index is 2.53. The Morgan fingerprint density at radius 2 is 1.78 bits per heavy atom. The first-order valence-electron chi connectivity index (χ1n) is 7.03. The third kappa shape index (κ3) is 5.45. The molecule has 0 saturated carbocycles. The van der Waals surface area contributed by atoms with Crippen LogP contribution in [0.2, 0.25) is 0 Å². The number of hydrogen-bond acceptors (Lipinski definition) is 2. The molecule has 0 aromatic heterocycles. The van der Waals surface area contributed by atoms with E-state index in [1.54, 1.807) is 0 Å². The second kappa shape index (κ2) is 8.60. The largest absolute Gasteiger partial charge is 0.307 e. The highest BCUT2D eigenvalue weighted by atomic mass is 32.2. The van der Waals surface area contributed by atoms with Crippen LogP contribution in [-0.2, 0) is 0 Å². The van der Waals surface area contributed by atoms with Crippen LogP contribution in [0.5, 0.6) is 0 Å². The van der Waals surface area contributed by atoms with Crippen molar-refractivity contribution in [3.63, 3.8) is 0 Å². The Morgan fingerprint density at radius 3 is 2.33 bits per heavy atom. The molecule has 1 aromatic rings. The molecular weight excluding hydrogens is 238 g/mol. The van der Waals surface area contributed by atoms with Gasteiger partial charge in [-0.2, -0.15) is 11.8 Å². The minimum atomic E-state index is 0.466. The highest BCUT2D eigenvalue weighted by Crippen LogP contribution is 2.22. The minimum Gasteiger partial charge on any atom is -0.307 e. The lowest BCUT2D eigenvalue weighted by Crippen LogP contribution is -2.33. The summed E-state index contributed by atoms with van der Waals surface area (Å²) in [6, 6.07) is 11.8. The molecule has 0 bridgehead atoms. The first kappa shape index (κ1) is 15.6. The van der Waals surface area contributed by atoms with E-state index in [1.807, 2.05) is 11.8 Å². The molecule has 0 amide bonds. The van der Waals surface area contributed by atoms with Crippen LogP contribution < -0.4 is 5.32 Å². The van der Waals surface area contributed by atoms with Gasteiger partial charge < -0.3 is 5.32 Å². The van der Waals surface area contributed by atoms with E-state index in [4.69, 9.17) is 0 Å². The van der Waals surface area contributed by atoms with E-state index in [2.05, 4.69) is 63.3 Å². The Bertz CT molecular complexity index is 310. The summed E-state index contributed by atoms with van der Waals surface area (Å²) in [7, 11) is 0. The maximum Gasteiger partial charge on any atom is 0.0345 e. The van der Waals surface area contributed by atoms with Gasteiger partial charge in [0.15, 0.2) is 0 Å². The van der Waals surface area contributed by atoms with Crippen molar-refractivity contribution < 1.29 is 0 Å². The van der Waals surface area contributed by atoms with Crippen LogP contribution in [0.15, 0.2) is 30.3 Å². The van der Waals surface area contributed by atoms with Crippen molar-refractivity contribution in [3.8, 4) is 0 Å². The van der Waals surface area contributed by atoms with Crippen LogP contribution in [0, 0.1) is 5.92 Å². The Labute approximate surface area is 117 Å². The van der Waals surface area contributed by atoms with Gasteiger partial charge in [0, 0.05) is 12.1 Å². The standard InChI is InChI=1S/C16H27NS/c1-5-18-12-11-14(4)17-16(13(2)3)15-9-7-6-8-10-15/h6-10,13-14,16-17H,5,11-12H2,1-4H3. The normalized spacial score (nSPS) is 14.7. The van der Waals surface area contributed by atoms with Gasteiger partial charge in [0.25, 0.3) is 0 Å². The molecule has 0 spiro atoms. The molecule has 0 heterocycles. The molecule has 0 fully saturated rings. The van der Waals surface area contributed by atoms with Gasteiger partial charge in [0.05, 0.1) is 0 Å². The van der Waals surface area contributed by atoms with Crippen molar-refractivity contribution in [1.29, 1.82) is 0 Å². The van der Waals surface area contributed by atoms with Crippen LogP contribution >= 0.6 is 11.8 Å². The number of hydrogen-bond donors (Lipinski definition) is 1. The van der Waals surface area contributed by atoms with E-state index in [-0.39, 0.29) is 0 Å². The fourth-order valence-corrected chi connectivity index (χ4v) is 2.94. The first-order chi connectivity index (χ1) is 8.65. The molecule has 0 aliphatic rings. The van der Waals surface area contributed by atoms with Gasteiger partial charge in [-0.1, -0.05) is 51.1 Å². The van der Waals surface area contributed by atoms with Crippen LogP contribution in [0.25, 0.3) is 0 Å². The fourth-order valence-electron chi connectivity index (χ4n) is 2.13. The number of rotatable bonds is 8. The number of nitrogens with one attached hydrogen (secondary N) is 1. The third-order valence-electron chi connectivity index (χ3n) is 3.19. The lowest BCUT2D eigenvalue weighted by Gasteiger charge is -2.27. The predicted molar refractivity (Wildman–Crippen MR) is 84.2 cm³/mol. The summed E-state index contributed by atoms with van der Waals surface area (Å²) in [5.74, 6) is 3.09. The van der Waals surface area contributed by atoms with Crippen molar-refractivity contribution in [1.82, 2.24) is 5.32 Å². The van der Waals surface area contributed by atoms with E-state index >= 15 is 0 Å². The zero-order chi connectivity index (χ0) is 13.4. The van der Waals surface area contributed by atoms with Gasteiger partial charge in [-0.05, 0) is 36.3 Å². The molecule has 2 heteroatoms. The maximum atomic E-state index is 3.78. The highest BCUT2D eigenvalue weighted by Gasteiger charge is 2.17. The summed E-state index contributed by atoms with van der Waals surface area (Å²) in [5, 5.41) is 3.78. The summed E-state index contributed by atoms with van der Waals surface area (Å²) in [4.78, 5) is 0. The maximum absolute atomic E-state index is 3.78. The van der Waals surface area contributed by atoms with E-state index in [9.17, 15) is 0 Å². The minimum absolute atomic E-state index is 0.466. The van der Waals surface area contributed by atoms with Crippen molar-refractivity contribution in [3.05, 3.63) is 35.9 Å². The van der Waals surface area contributed by atoms with Gasteiger partial charge in [-0.3, -0.25) is 0 Å². The summed E-state index contributed by atoms with van der Waals surface area (Å²) in [6.45, 7) is 9.11. The zero-order valence-electron chi connectivity index (χ0n) is 12.1. The van der Waals surface area contributed by atoms with Gasteiger partial charge in [-0.15, -0.1) is 0 Å². The third-order valence-corrected chi connectivity index (χ3v) is 4.12. The van der Waals surface area contributed by atoms with Gasteiger partial charge >= 0.3 is 0 Å². The van der Waals surface area contributed by atoms with Gasteiger partial charge in [-0.25, -0.2) is 0 Å². The van der Waals surface area contributed by atoms with E-state index in [0.29, 0.717) is 18.0 Å². The van der Waals surface area contributed by atoms with Gasteiger partial charge in [0.1, 0.15) is 0 Å². The molecule has 0 aliphatic heterocycles. The monoisotopic (exact) mass is 265 g/mol. The molecule has 2 unspecified atom stereocenters. The Kier molecular flexibility index (Phi) is 7.45. The van der Waals surface area contributed by atoms with Crippen LogP contribution in [-0.4, -0.2) is 17.5 Å². The molecule has 1 rings (SSSR count). The van der Waals surface area contributed by atoms with Crippen LogP contribution in [0.3, 0.4) is 0 Å². The van der Waals surface area contributed by atoms with Crippen LogP contribution in [0.4, 0.5) is 0 Å². The highest BCUT2D eigenvalue weighted by molar-refractivity contribution is 7.99. The topological polar surface area (TPSA) is 12.0 Å². The summed E-state index contributed by atoms with van der Waals surface area (Å²) >= 11 is 2.03. The van der Waals surface area contributed by atoms with Crippen molar-refractivity contribution >= 4 is 11.8 Å². The number of thioether (sulfide) groups is 1. The molecule has 0 saturated heterocycles. The van der Waals surface area contributed by atoms with E-state index in [0.717, 1.165) is 0 Å². The van der Waals surface area contributed by atoms with Gasteiger partial charge in [0.2, 0.25) is 0 Å². The van der Waals surface area contributed by atoms with Crippen molar-refractivity contribution in [2.75, 3.05) is 11.5 Å². The molecule has 1 aromatic carbocycles. The second-order valence-corrected chi connectivity index (χ2v) is 6.58. The zero-order valence-corrected chi connectivity index (χ0v) is 13.0. The van der Waals surface area contributed by atoms with E-state index < -0.39 is 0 Å². The molecular formula is C16H27NS. The quantitative estimate of drug-likeness (QED) is 0.694. The molecule has 0 aliphatic carbocycles. The lowest BCUT2D eigenvalue weighted by molar-refractivity contribution is 0.366. The SMILES string of the molecule is CCSCCC(C)NC(c1ccccc1)C(C)C. The molecule has 18 heavy (non-hydrogen) atoms. The smallest absolute Gasteiger partial charge is 0.0345 e. The number of benzene rings is 1. The molecule has 0 radical (unpaired) electrons. The molecule has 102 valence electrons. The fraction of sp³-hybridized carbons (Fsp3) is 0.625. The first-order valence-corrected chi connectivity index (χ1v) is 8.19. The Morgan fingerprint density at radius 1 is 1.11 bits per heavy atom. The summed E-state index contributed by atoms with van der Waals surface area (Å²) in [6.07, 6.45) is 1.24. The van der Waals surface area contributed by atoms with Crippen LogP contribution in [0.1, 0.15) is 45.7 Å². The Hall–Kier alpha value is -0.470. The molecule has 1 N–H and O–H groups in total. The summed E-state index contributed by atoms with van der Waals surface area (Å²) < 4.78 is 0. The average Bonchev–Trinajstić information content (AvgIpc) is 2.37. The predicted octanol–water partition coefficient (Wildman–Crippen LogP) is 4.51. The molecule has 1 nitrogen and oxygen atoms in total. The van der Waals surface area contributed by atoms with E-state index in [1.165, 1.54) is 23.5 Å². The van der Waals surface area contributed by atoms with Crippen molar-refractivity contribution in [2.45, 2.75) is 46.2 Å². The summed E-state index contributed by atoms with van der Waals surface area (Å²) in [5.41, 5.74) is 1.41. The lowest BCUT2D eigenvalue weighted by atomic mass is 9.95. The molecule has 2 atom stereocenters. The second-order valence-electron chi connectivity index (χ2n) is 5.19. The van der Waals surface area contributed by atoms with Crippen molar-refractivity contribution in [2.24, 2.45) is 5.92 Å².